The topological polar surface area (TPSA) is 53.6 Å². The first-order valence-electron chi connectivity index (χ1n) is 5.01. The van der Waals surface area contributed by atoms with Gasteiger partial charge < -0.3 is 5.32 Å². The summed E-state index contributed by atoms with van der Waals surface area (Å²) in [4.78, 5) is 0. The SMILES string of the molecule is CCNC(c1cn[nH]n1)C1CCC1. The summed E-state index contributed by atoms with van der Waals surface area (Å²) in [5, 5.41) is 14.1. The Morgan fingerprint density at radius 2 is 2.54 bits per heavy atom. The maximum atomic E-state index is 4.14. The van der Waals surface area contributed by atoms with Gasteiger partial charge in [-0.2, -0.15) is 15.4 Å². The van der Waals surface area contributed by atoms with Gasteiger partial charge in [-0.1, -0.05) is 13.3 Å². The Labute approximate surface area is 78.1 Å². The van der Waals surface area contributed by atoms with E-state index < -0.39 is 0 Å². The second-order valence-electron chi connectivity index (χ2n) is 3.62. The number of aromatic amines is 1. The number of H-pyrrole nitrogens is 1. The molecule has 0 aromatic carbocycles. The Morgan fingerprint density at radius 3 is 3.00 bits per heavy atom. The van der Waals surface area contributed by atoms with Gasteiger partial charge in [0, 0.05) is 0 Å². The Bertz CT molecular complexity index is 240. The van der Waals surface area contributed by atoms with Crippen LogP contribution < -0.4 is 5.32 Å². The third-order valence-corrected chi connectivity index (χ3v) is 2.80. The van der Waals surface area contributed by atoms with Crippen molar-refractivity contribution in [2.45, 2.75) is 32.2 Å². The highest BCUT2D eigenvalue weighted by molar-refractivity contribution is 5.03. The largest absolute Gasteiger partial charge is 0.309 e. The molecule has 13 heavy (non-hydrogen) atoms. The van der Waals surface area contributed by atoms with E-state index in [2.05, 4.69) is 27.7 Å². The van der Waals surface area contributed by atoms with Gasteiger partial charge in [-0.15, -0.1) is 0 Å². The van der Waals surface area contributed by atoms with Crippen LogP contribution in [0.3, 0.4) is 0 Å². The average molecular weight is 180 g/mol. The third-order valence-electron chi connectivity index (χ3n) is 2.80. The summed E-state index contributed by atoms with van der Waals surface area (Å²) in [5.41, 5.74) is 1.06. The Balaban J connectivity index is 2.04. The van der Waals surface area contributed by atoms with Crippen LogP contribution in [-0.2, 0) is 0 Å². The lowest BCUT2D eigenvalue weighted by Gasteiger charge is -2.32. The van der Waals surface area contributed by atoms with Crippen molar-refractivity contribution >= 4 is 0 Å². The van der Waals surface area contributed by atoms with Crippen molar-refractivity contribution in [3.63, 3.8) is 0 Å². The van der Waals surface area contributed by atoms with Crippen molar-refractivity contribution in [1.29, 1.82) is 0 Å². The molecule has 1 heterocycles. The standard InChI is InChI=1S/C9H16N4/c1-2-10-9(7-4-3-5-7)8-6-11-13-12-8/h6-7,9-10H,2-5H2,1H3,(H,11,12,13). The molecule has 2 N–H and O–H groups in total. The molecule has 72 valence electrons. The van der Waals surface area contributed by atoms with E-state index in [0.717, 1.165) is 18.2 Å². The van der Waals surface area contributed by atoms with Crippen LogP contribution in [0.5, 0.6) is 0 Å². The summed E-state index contributed by atoms with van der Waals surface area (Å²) in [5.74, 6) is 0.769. The van der Waals surface area contributed by atoms with Crippen LogP contribution in [0.2, 0.25) is 0 Å². The maximum absolute atomic E-state index is 4.14. The molecule has 0 radical (unpaired) electrons. The zero-order valence-electron chi connectivity index (χ0n) is 7.95. The lowest BCUT2D eigenvalue weighted by molar-refractivity contribution is 0.229. The zero-order chi connectivity index (χ0) is 9.10. The predicted octanol–water partition coefficient (Wildman–Crippen LogP) is 1.26. The van der Waals surface area contributed by atoms with Crippen LogP contribution in [0.15, 0.2) is 6.20 Å². The van der Waals surface area contributed by atoms with Crippen molar-refractivity contribution in [3.8, 4) is 0 Å². The van der Waals surface area contributed by atoms with Crippen LogP contribution in [-0.4, -0.2) is 22.0 Å². The molecule has 1 atom stereocenters. The highest BCUT2D eigenvalue weighted by Crippen LogP contribution is 2.36. The number of rotatable bonds is 4. The smallest absolute Gasteiger partial charge is 0.0996 e. The van der Waals surface area contributed by atoms with Gasteiger partial charge in [-0.3, -0.25) is 0 Å². The highest BCUT2D eigenvalue weighted by Gasteiger charge is 2.29. The summed E-state index contributed by atoms with van der Waals surface area (Å²) in [6, 6.07) is 0.414. The van der Waals surface area contributed by atoms with Crippen LogP contribution in [0.4, 0.5) is 0 Å². The van der Waals surface area contributed by atoms with E-state index in [1.54, 1.807) is 0 Å². The van der Waals surface area contributed by atoms with Crippen LogP contribution in [0.1, 0.15) is 37.9 Å². The third kappa shape index (κ3) is 1.72. The number of hydrogen-bond acceptors (Lipinski definition) is 3. The van der Waals surface area contributed by atoms with Crippen molar-refractivity contribution in [2.24, 2.45) is 5.92 Å². The molecule has 0 bridgehead atoms. The predicted molar refractivity (Wildman–Crippen MR) is 50.1 cm³/mol. The van der Waals surface area contributed by atoms with Crippen molar-refractivity contribution in [3.05, 3.63) is 11.9 Å². The fraction of sp³-hybridized carbons (Fsp3) is 0.778. The van der Waals surface area contributed by atoms with Gasteiger partial charge in [-0.05, 0) is 25.3 Å². The summed E-state index contributed by atoms with van der Waals surface area (Å²) >= 11 is 0. The summed E-state index contributed by atoms with van der Waals surface area (Å²) in [6.07, 6.45) is 5.84. The van der Waals surface area contributed by atoms with Gasteiger partial charge in [0.05, 0.1) is 17.9 Å². The van der Waals surface area contributed by atoms with Gasteiger partial charge in [-0.25, -0.2) is 0 Å². The van der Waals surface area contributed by atoms with Crippen molar-refractivity contribution in [1.82, 2.24) is 20.7 Å². The molecule has 1 aliphatic carbocycles. The molecule has 2 rings (SSSR count). The van der Waals surface area contributed by atoms with Gasteiger partial charge in [0.25, 0.3) is 0 Å². The fourth-order valence-corrected chi connectivity index (χ4v) is 1.87. The molecule has 1 fully saturated rings. The minimum absolute atomic E-state index is 0.414. The first-order valence-corrected chi connectivity index (χ1v) is 5.01. The van der Waals surface area contributed by atoms with Gasteiger partial charge in [0.1, 0.15) is 0 Å². The van der Waals surface area contributed by atoms with E-state index in [1.807, 2.05) is 6.20 Å². The lowest BCUT2D eigenvalue weighted by atomic mass is 9.78. The molecule has 4 nitrogen and oxygen atoms in total. The summed E-state index contributed by atoms with van der Waals surface area (Å²) < 4.78 is 0. The molecule has 0 spiro atoms. The van der Waals surface area contributed by atoms with Gasteiger partial charge in [0.2, 0.25) is 0 Å². The molecular formula is C9H16N4. The minimum atomic E-state index is 0.414. The number of nitrogens with one attached hydrogen (secondary N) is 2. The first kappa shape index (κ1) is 8.69. The highest BCUT2D eigenvalue weighted by atomic mass is 15.3. The average Bonchev–Trinajstić information content (AvgIpc) is 2.51. The monoisotopic (exact) mass is 180 g/mol. The molecule has 1 unspecified atom stereocenters. The molecule has 0 saturated heterocycles. The van der Waals surface area contributed by atoms with E-state index in [4.69, 9.17) is 0 Å². The fourth-order valence-electron chi connectivity index (χ4n) is 1.87. The maximum Gasteiger partial charge on any atom is 0.0996 e. The van der Waals surface area contributed by atoms with Crippen LogP contribution in [0, 0.1) is 5.92 Å². The van der Waals surface area contributed by atoms with E-state index in [-0.39, 0.29) is 0 Å². The van der Waals surface area contributed by atoms with E-state index in [9.17, 15) is 0 Å². The molecule has 0 amide bonds. The number of hydrogen-bond donors (Lipinski definition) is 2. The molecule has 4 heteroatoms. The molecule has 1 aromatic rings. The van der Waals surface area contributed by atoms with Crippen molar-refractivity contribution < 1.29 is 0 Å². The number of aromatic nitrogens is 3. The van der Waals surface area contributed by atoms with E-state index in [0.29, 0.717) is 6.04 Å². The summed E-state index contributed by atoms with van der Waals surface area (Å²) in [7, 11) is 0. The Hall–Kier alpha value is -0.900. The second kappa shape index (κ2) is 3.87. The van der Waals surface area contributed by atoms with Gasteiger partial charge >= 0.3 is 0 Å². The Morgan fingerprint density at radius 1 is 1.69 bits per heavy atom. The van der Waals surface area contributed by atoms with E-state index >= 15 is 0 Å². The van der Waals surface area contributed by atoms with Crippen LogP contribution in [0.25, 0.3) is 0 Å². The molecule has 1 aromatic heterocycles. The van der Waals surface area contributed by atoms with E-state index in [1.165, 1.54) is 19.3 Å². The zero-order valence-corrected chi connectivity index (χ0v) is 7.95. The quantitative estimate of drug-likeness (QED) is 0.733. The van der Waals surface area contributed by atoms with Crippen LogP contribution >= 0.6 is 0 Å². The molecule has 0 aliphatic heterocycles. The molecule has 1 saturated carbocycles. The molecular weight excluding hydrogens is 164 g/mol. The first-order chi connectivity index (χ1) is 6.42. The Kier molecular flexibility index (Phi) is 2.59. The van der Waals surface area contributed by atoms with Crippen molar-refractivity contribution in [2.75, 3.05) is 6.54 Å². The second-order valence-corrected chi connectivity index (χ2v) is 3.62. The summed E-state index contributed by atoms with van der Waals surface area (Å²) in [6.45, 7) is 3.12. The van der Waals surface area contributed by atoms with Gasteiger partial charge in [0.15, 0.2) is 0 Å². The number of nitrogens with zero attached hydrogens (tertiary/aromatic N) is 2. The molecule has 1 aliphatic rings. The normalized spacial score (nSPS) is 19.8. The minimum Gasteiger partial charge on any atom is -0.309 e. The lowest BCUT2D eigenvalue weighted by Crippen LogP contribution is -2.32.